The van der Waals surface area contributed by atoms with E-state index < -0.39 is 0 Å². The van der Waals surface area contributed by atoms with Crippen molar-refractivity contribution in [3.63, 3.8) is 0 Å². The second-order valence-electron chi connectivity index (χ2n) is 4.17. The van der Waals surface area contributed by atoms with E-state index in [0.717, 1.165) is 0 Å². The van der Waals surface area contributed by atoms with Gasteiger partial charge in [-0.25, -0.2) is 0 Å². The fourth-order valence-corrected chi connectivity index (χ4v) is 2.52. The second kappa shape index (κ2) is 5.97. The van der Waals surface area contributed by atoms with Crippen molar-refractivity contribution in [1.29, 1.82) is 0 Å². The van der Waals surface area contributed by atoms with Gasteiger partial charge in [0.15, 0.2) is 0 Å². The molecule has 0 saturated heterocycles. The normalized spacial score (nSPS) is 32.5. The summed E-state index contributed by atoms with van der Waals surface area (Å²) in [6.07, 6.45) is 11.8. The van der Waals surface area contributed by atoms with Crippen LogP contribution in [0.25, 0.3) is 0 Å². The van der Waals surface area contributed by atoms with Gasteiger partial charge in [0, 0.05) is 0 Å². The Kier molecular flexibility index (Phi) is 5.23. The van der Waals surface area contributed by atoms with Gasteiger partial charge in [0.05, 0.1) is 0 Å². The molecule has 0 nitrogen and oxygen atoms in total. The quantitative estimate of drug-likeness (QED) is 0.545. The van der Waals surface area contributed by atoms with Gasteiger partial charge < -0.3 is 0 Å². The molecule has 72 valence electrons. The second-order valence-corrected chi connectivity index (χ2v) is 4.75. The number of rotatable bonds is 1. The Balaban J connectivity index is 0.000000157. The maximum atomic E-state index is 2.66. The Morgan fingerprint density at radius 3 is 1.58 bits per heavy atom. The van der Waals surface area contributed by atoms with Crippen molar-refractivity contribution in [2.24, 2.45) is 11.8 Å². The lowest BCUT2D eigenvalue weighted by Gasteiger charge is -2.04. The predicted octanol–water partition coefficient (Wildman–Crippen LogP) is 3.86. The smallest absolute Gasteiger partial charge is 0.0384 e. The molecule has 0 aromatic heterocycles. The van der Waals surface area contributed by atoms with Gasteiger partial charge in [0.25, 0.3) is 0 Å². The maximum Gasteiger partial charge on any atom is -0.0384 e. The summed E-state index contributed by atoms with van der Waals surface area (Å²) in [6.45, 7) is 2.16. The van der Waals surface area contributed by atoms with Crippen LogP contribution in [0.2, 0.25) is 0 Å². The highest BCUT2D eigenvalue weighted by Gasteiger charge is 2.30. The van der Waals surface area contributed by atoms with Crippen LogP contribution in [-0.2, 0) is 0 Å². The van der Waals surface area contributed by atoms with Crippen molar-refractivity contribution in [1.82, 2.24) is 0 Å². The van der Waals surface area contributed by atoms with Crippen molar-refractivity contribution in [3.8, 4) is 0 Å². The molecule has 2 aliphatic carbocycles. The van der Waals surface area contributed by atoms with Crippen molar-refractivity contribution >= 4 is 9.24 Å². The molecular weight excluding hydrogens is 163 g/mol. The molecule has 2 fully saturated rings. The van der Waals surface area contributed by atoms with Crippen LogP contribution in [0.5, 0.6) is 0 Å². The fourth-order valence-electron chi connectivity index (χ4n) is 2.52. The molecule has 2 saturated carbocycles. The summed E-state index contributed by atoms with van der Waals surface area (Å²) in [4.78, 5) is 0. The first kappa shape index (κ1) is 10.5. The van der Waals surface area contributed by atoms with E-state index in [1.165, 1.54) is 37.3 Å². The van der Waals surface area contributed by atoms with Crippen LogP contribution in [0, 0.1) is 11.8 Å². The molecule has 2 aliphatic rings. The standard InChI is InChI=1S/C8H14.C3H9P/c1-3-7-5-2-6-8(7)4-1;1-2-3-4/h7-8H,1-6H2;2-4H2,1H3. The summed E-state index contributed by atoms with van der Waals surface area (Å²) in [5.41, 5.74) is 0. The van der Waals surface area contributed by atoms with Gasteiger partial charge in [-0.05, 0) is 18.0 Å². The lowest BCUT2D eigenvalue weighted by atomic mass is 10.0. The zero-order valence-electron chi connectivity index (χ0n) is 8.39. The predicted molar refractivity (Wildman–Crippen MR) is 59.6 cm³/mol. The van der Waals surface area contributed by atoms with Gasteiger partial charge >= 0.3 is 0 Å². The topological polar surface area (TPSA) is 0 Å². The zero-order chi connectivity index (χ0) is 8.81. The van der Waals surface area contributed by atoms with Crippen molar-refractivity contribution in [2.75, 3.05) is 6.16 Å². The third-order valence-electron chi connectivity index (χ3n) is 3.26. The number of hydrogen-bond acceptors (Lipinski definition) is 0. The van der Waals surface area contributed by atoms with E-state index in [-0.39, 0.29) is 0 Å². The lowest BCUT2D eigenvalue weighted by molar-refractivity contribution is 0.457. The van der Waals surface area contributed by atoms with Crippen LogP contribution in [0.15, 0.2) is 0 Å². The molecule has 0 aromatic rings. The molecule has 2 rings (SSSR count). The zero-order valence-corrected chi connectivity index (χ0v) is 9.54. The van der Waals surface area contributed by atoms with Crippen LogP contribution in [0.1, 0.15) is 51.9 Å². The van der Waals surface area contributed by atoms with Gasteiger partial charge in [0.2, 0.25) is 0 Å². The highest BCUT2D eigenvalue weighted by atomic mass is 31.0. The number of fused-ring (bicyclic) bond motifs is 1. The summed E-state index contributed by atoms with van der Waals surface area (Å²) in [6, 6.07) is 0. The molecule has 0 aliphatic heterocycles. The fraction of sp³-hybridized carbons (Fsp3) is 1.00. The third-order valence-corrected chi connectivity index (χ3v) is 3.83. The van der Waals surface area contributed by atoms with E-state index >= 15 is 0 Å². The van der Waals surface area contributed by atoms with Gasteiger partial charge in [-0.1, -0.05) is 51.9 Å². The van der Waals surface area contributed by atoms with E-state index in [1.54, 1.807) is 25.7 Å². The molecule has 0 radical (unpaired) electrons. The third kappa shape index (κ3) is 3.05. The molecule has 1 atom stereocenters. The summed E-state index contributed by atoms with van der Waals surface area (Å²) in [7, 11) is 2.66. The minimum absolute atomic E-state index is 1.18. The molecule has 0 heterocycles. The molecule has 0 spiro atoms. The van der Waals surface area contributed by atoms with Gasteiger partial charge in [-0.3, -0.25) is 0 Å². The Hall–Kier alpha value is 0.430. The molecule has 0 bridgehead atoms. The SMILES string of the molecule is C1CC2CCCC2C1.CCCP. The largest absolute Gasteiger partial charge is 0.138 e. The average molecular weight is 186 g/mol. The Morgan fingerprint density at radius 2 is 1.33 bits per heavy atom. The molecule has 0 N–H and O–H groups in total. The van der Waals surface area contributed by atoms with E-state index in [4.69, 9.17) is 0 Å². The minimum atomic E-state index is 1.18. The Labute approximate surface area is 79.7 Å². The average Bonchev–Trinajstić information content (AvgIpc) is 2.64. The van der Waals surface area contributed by atoms with Crippen molar-refractivity contribution in [2.45, 2.75) is 51.9 Å². The number of hydrogen-bond donors (Lipinski definition) is 0. The summed E-state index contributed by atoms with van der Waals surface area (Å²) in [5.74, 6) is 2.35. The minimum Gasteiger partial charge on any atom is -0.138 e. The molecule has 1 unspecified atom stereocenters. The summed E-state index contributed by atoms with van der Waals surface area (Å²) < 4.78 is 0. The summed E-state index contributed by atoms with van der Waals surface area (Å²) in [5, 5.41) is 0. The monoisotopic (exact) mass is 186 g/mol. The van der Waals surface area contributed by atoms with E-state index in [0.29, 0.717) is 0 Å². The maximum absolute atomic E-state index is 2.66. The van der Waals surface area contributed by atoms with Crippen LogP contribution in [0.4, 0.5) is 0 Å². The molecule has 0 amide bonds. The highest BCUT2D eigenvalue weighted by molar-refractivity contribution is 7.16. The molecule has 0 aromatic carbocycles. The van der Waals surface area contributed by atoms with E-state index in [2.05, 4.69) is 16.2 Å². The Bertz CT molecular complexity index is 89.6. The first-order valence-electron chi connectivity index (χ1n) is 5.58. The Morgan fingerprint density at radius 1 is 1.00 bits per heavy atom. The van der Waals surface area contributed by atoms with Crippen LogP contribution in [0.3, 0.4) is 0 Å². The van der Waals surface area contributed by atoms with Crippen LogP contribution >= 0.6 is 9.24 Å². The highest BCUT2D eigenvalue weighted by Crippen LogP contribution is 2.43. The van der Waals surface area contributed by atoms with Gasteiger partial charge in [-0.15, -0.1) is 9.24 Å². The van der Waals surface area contributed by atoms with Gasteiger partial charge in [0.1, 0.15) is 0 Å². The summed E-state index contributed by atoms with van der Waals surface area (Å²) >= 11 is 0. The van der Waals surface area contributed by atoms with Crippen molar-refractivity contribution < 1.29 is 0 Å². The molecule has 1 heteroatoms. The first-order chi connectivity index (χ1) is 5.88. The van der Waals surface area contributed by atoms with E-state index in [9.17, 15) is 0 Å². The van der Waals surface area contributed by atoms with E-state index in [1.807, 2.05) is 0 Å². The van der Waals surface area contributed by atoms with Gasteiger partial charge in [-0.2, -0.15) is 0 Å². The molecule has 12 heavy (non-hydrogen) atoms. The molecular formula is C11H23P. The van der Waals surface area contributed by atoms with Crippen LogP contribution < -0.4 is 0 Å². The first-order valence-corrected chi connectivity index (χ1v) is 6.40. The van der Waals surface area contributed by atoms with Crippen LogP contribution in [-0.4, -0.2) is 6.16 Å². The van der Waals surface area contributed by atoms with Crippen molar-refractivity contribution in [3.05, 3.63) is 0 Å². The lowest BCUT2D eigenvalue weighted by Crippen LogP contribution is -1.95.